The van der Waals surface area contributed by atoms with Crippen LogP contribution < -0.4 is 21.3 Å². The summed E-state index contributed by atoms with van der Waals surface area (Å²) in [6.07, 6.45) is 1.65. The van der Waals surface area contributed by atoms with E-state index in [-0.39, 0.29) is 42.3 Å². The highest BCUT2D eigenvalue weighted by Gasteiger charge is 2.06. The number of aliphatic imine (C=N–C) groups is 1. The Morgan fingerprint density at radius 1 is 0.968 bits per heavy atom. The predicted octanol–water partition coefficient (Wildman–Crippen LogP) is 2.96. The summed E-state index contributed by atoms with van der Waals surface area (Å²) in [7, 11) is 1.62. The van der Waals surface area contributed by atoms with Gasteiger partial charge in [-0.3, -0.25) is 9.59 Å². The van der Waals surface area contributed by atoms with Gasteiger partial charge in [-0.2, -0.15) is 0 Å². The fraction of sp³-hybridized carbons (Fsp3) is 0.348. The Bertz CT molecular complexity index is 886. The number of carbonyl (C=O) groups is 2. The molecule has 0 aliphatic rings. The van der Waals surface area contributed by atoms with E-state index >= 15 is 0 Å². The van der Waals surface area contributed by atoms with Crippen LogP contribution in [0.4, 0.5) is 5.69 Å². The zero-order chi connectivity index (χ0) is 21.8. The molecule has 0 radical (unpaired) electrons. The van der Waals surface area contributed by atoms with Gasteiger partial charge in [0.2, 0.25) is 5.91 Å². The van der Waals surface area contributed by atoms with Crippen molar-refractivity contribution in [2.45, 2.75) is 26.7 Å². The molecule has 31 heavy (non-hydrogen) atoms. The highest BCUT2D eigenvalue weighted by atomic mass is 127. The molecule has 8 heteroatoms. The van der Waals surface area contributed by atoms with Crippen LogP contribution in [0.5, 0.6) is 0 Å². The van der Waals surface area contributed by atoms with E-state index in [2.05, 4.69) is 33.2 Å². The molecule has 0 aliphatic carbocycles. The molecule has 0 saturated heterocycles. The van der Waals surface area contributed by atoms with Crippen molar-refractivity contribution >= 4 is 47.4 Å². The first-order chi connectivity index (χ1) is 14.5. The summed E-state index contributed by atoms with van der Waals surface area (Å²) in [6, 6.07) is 15.3. The summed E-state index contributed by atoms with van der Waals surface area (Å²) in [6.45, 7) is 5.40. The fourth-order valence-electron chi connectivity index (χ4n) is 2.90. The molecule has 0 aromatic heterocycles. The highest BCUT2D eigenvalue weighted by molar-refractivity contribution is 14.0. The number of amides is 2. The molecule has 0 bridgehead atoms. The van der Waals surface area contributed by atoms with Gasteiger partial charge in [0.1, 0.15) is 6.54 Å². The number of nitrogens with one attached hydrogen (secondary N) is 4. The average molecular weight is 537 g/mol. The zero-order valence-electron chi connectivity index (χ0n) is 18.3. The second kappa shape index (κ2) is 14.4. The number of nitrogens with zero attached hydrogens (tertiary/aromatic N) is 1. The SMILES string of the molecule is CCNC(=NCC(=O)Nc1cccc(CC)c1)NCCc1cccc(C(=O)NC)c1.I. The summed E-state index contributed by atoms with van der Waals surface area (Å²) in [5, 5.41) is 11.9. The van der Waals surface area contributed by atoms with Crippen molar-refractivity contribution in [3.05, 3.63) is 65.2 Å². The van der Waals surface area contributed by atoms with Crippen molar-refractivity contribution in [1.82, 2.24) is 16.0 Å². The van der Waals surface area contributed by atoms with Gasteiger partial charge < -0.3 is 21.3 Å². The van der Waals surface area contributed by atoms with Gasteiger partial charge in [0.15, 0.2) is 5.96 Å². The summed E-state index contributed by atoms with van der Waals surface area (Å²) in [5.74, 6) is 0.311. The first-order valence-corrected chi connectivity index (χ1v) is 10.3. The number of carbonyl (C=O) groups excluding carboxylic acids is 2. The van der Waals surface area contributed by atoms with Crippen molar-refractivity contribution in [2.24, 2.45) is 4.99 Å². The Balaban J connectivity index is 0.00000480. The van der Waals surface area contributed by atoms with Gasteiger partial charge in [-0.05, 0) is 55.2 Å². The van der Waals surface area contributed by atoms with E-state index in [1.807, 2.05) is 49.4 Å². The third-order valence-electron chi connectivity index (χ3n) is 4.47. The van der Waals surface area contributed by atoms with Gasteiger partial charge in [-0.15, -0.1) is 24.0 Å². The predicted molar refractivity (Wildman–Crippen MR) is 137 cm³/mol. The standard InChI is InChI=1S/C23H31N5O2.HI/c1-4-17-8-7-11-20(15-17)28-21(29)16-27-23(25-5-2)26-13-12-18-9-6-10-19(14-18)22(30)24-3;/h6-11,14-15H,4-5,12-13,16H2,1-3H3,(H,24,30)(H,28,29)(H2,25,26,27);1H. The molecule has 4 N–H and O–H groups in total. The topological polar surface area (TPSA) is 94.6 Å². The van der Waals surface area contributed by atoms with E-state index < -0.39 is 0 Å². The zero-order valence-corrected chi connectivity index (χ0v) is 20.7. The van der Waals surface area contributed by atoms with Crippen LogP contribution in [0.2, 0.25) is 0 Å². The van der Waals surface area contributed by atoms with Crippen molar-refractivity contribution < 1.29 is 9.59 Å². The maximum Gasteiger partial charge on any atom is 0.251 e. The molecule has 0 aliphatic heterocycles. The lowest BCUT2D eigenvalue weighted by molar-refractivity contribution is -0.114. The number of guanidine groups is 1. The van der Waals surface area contributed by atoms with Crippen LogP contribution in [-0.2, 0) is 17.6 Å². The second-order valence-corrected chi connectivity index (χ2v) is 6.75. The van der Waals surface area contributed by atoms with Gasteiger partial charge in [-0.25, -0.2) is 4.99 Å². The first kappa shape index (κ1) is 26.4. The van der Waals surface area contributed by atoms with Gasteiger partial charge in [0, 0.05) is 31.4 Å². The van der Waals surface area contributed by atoms with Gasteiger partial charge in [0.25, 0.3) is 5.91 Å². The monoisotopic (exact) mass is 537 g/mol. The largest absolute Gasteiger partial charge is 0.357 e. The van der Waals surface area contributed by atoms with Crippen LogP contribution in [0.1, 0.15) is 35.3 Å². The Labute approximate surface area is 201 Å². The molecular formula is C23H32IN5O2. The van der Waals surface area contributed by atoms with Crippen LogP contribution in [0.15, 0.2) is 53.5 Å². The molecule has 0 fully saturated rings. The number of rotatable bonds is 9. The molecule has 0 saturated carbocycles. The maximum absolute atomic E-state index is 12.2. The quantitative estimate of drug-likeness (QED) is 0.225. The fourth-order valence-corrected chi connectivity index (χ4v) is 2.90. The lowest BCUT2D eigenvalue weighted by Crippen LogP contribution is -2.39. The minimum Gasteiger partial charge on any atom is -0.357 e. The Morgan fingerprint density at radius 3 is 2.42 bits per heavy atom. The molecule has 7 nitrogen and oxygen atoms in total. The lowest BCUT2D eigenvalue weighted by Gasteiger charge is -2.12. The molecular weight excluding hydrogens is 505 g/mol. The number of benzene rings is 2. The lowest BCUT2D eigenvalue weighted by atomic mass is 10.1. The number of aryl methyl sites for hydroxylation is 1. The van der Waals surface area contributed by atoms with Crippen molar-refractivity contribution in [1.29, 1.82) is 0 Å². The molecule has 0 heterocycles. The van der Waals surface area contributed by atoms with Crippen molar-refractivity contribution in [2.75, 3.05) is 32.0 Å². The van der Waals surface area contributed by atoms with E-state index in [0.717, 1.165) is 24.1 Å². The normalized spacial score (nSPS) is 10.6. The third-order valence-corrected chi connectivity index (χ3v) is 4.47. The van der Waals surface area contributed by atoms with Crippen LogP contribution in [0.3, 0.4) is 0 Å². The summed E-state index contributed by atoms with van der Waals surface area (Å²) in [5.41, 5.74) is 3.64. The second-order valence-electron chi connectivity index (χ2n) is 6.75. The third kappa shape index (κ3) is 9.37. The molecule has 168 valence electrons. The highest BCUT2D eigenvalue weighted by Crippen LogP contribution is 2.11. The maximum atomic E-state index is 12.2. The number of halogens is 1. The summed E-state index contributed by atoms with van der Waals surface area (Å²) >= 11 is 0. The molecule has 0 atom stereocenters. The van der Waals surface area contributed by atoms with Gasteiger partial charge in [-0.1, -0.05) is 31.2 Å². The van der Waals surface area contributed by atoms with E-state index in [0.29, 0.717) is 24.6 Å². The van der Waals surface area contributed by atoms with E-state index in [1.54, 1.807) is 13.1 Å². The van der Waals surface area contributed by atoms with E-state index in [4.69, 9.17) is 0 Å². The van der Waals surface area contributed by atoms with Crippen molar-refractivity contribution in [3.8, 4) is 0 Å². The Morgan fingerprint density at radius 2 is 1.71 bits per heavy atom. The van der Waals surface area contributed by atoms with Crippen LogP contribution in [0, 0.1) is 0 Å². The summed E-state index contributed by atoms with van der Waals surface area (Å²) < 4.78 is 0. The van der Waals surface area contributed by atoms with Crippen LogP contribution in [0.25, 0.3) is 0 Å². The molecule has 2 aromatic rings. The van der Waals surface area contributed by atoms with Gasteiger partial charge >= 0.3 is 0 Å². The number of hydrogen-bond acceptors (Lipinski definition) is 3. The minimum absolute atomic E-state index is 0. The average Bonchev–Trinajstić information content (AvgIpc) is 2.77. The minimum atomic E-state index is -0.168. The van der Waals surface area contributed by atoms with Gasteiger partial charge in [0.05, 0.1) is 0 Å². The number of hydrogen-bond donors (Lipinski definition) is 4. The molecule has 0 spiro atoms. The summed E-state index contributed by atoms with van der Waals surface area (Å²) in [4.78, 5) is 28.3. The molecule has 2 rings (SSSR count). The van der Waals surface area contributed by atoms with Crippen LogP contribution in [-0.4, -0.2) is 44.5 Å². The first-order valence-electron chi connectivity index (χ1n) is 10.3. The van der Waals surface area contributed by atoms with Crippen LogP contribution >= 0.6 is 24.0 Å². The molecule has 0 unspecified atom stereocenters. The number of anilines is 1. The Kier molecular flexibility index (Phi) is 12.3. The molecule has 2 aromatic carbocycles. The van der Waals surface area contributed by atoms with E-state index in [1.165, 1.54) is 5.56 Å². The molecule has 2 amide bonds. The van der Waals surface area contributed by atoms with E-state index in [9.17, 15) is 9.59 Å². The Hall–Kier alpha value is -2.62. The smallest absolute Gasteiger partial charge is 0.251 e. The van der Waals surface area contributed by atoms with Crippen molar-refractivity contribution in [3.63, 3.8) is 0 Å².